The van der Waals surface area contributed by atoms with Crippen molar-refractivity contribution in [3.8, 4) is 0 Å². The lowest BCUT2D eigenvalue weighted by Crippen LogP contribution is -2.46. The fourth-order valence-corrected chi connectivity index (χ4v) is 4.61. The molecule has 0 aliphatic carbocycles. The standard InChI is InChI=1S/C20H26F3N5O2S.C2HF3O2/c1-11(2)26-16(29)9-25-12-4-6-28(7-5-12)15-8-14(20(21,22)23)18-17(27-15)13(10-31-18)19(30)24-3;3-2(4,5)1(6)7/h8,10-12,25H,4-7,9H2,1-3H3,(H,24,30)(H,26,29);(H,6,7). The summed E-state index contributed by atoms with van der Waals surface area (Å²) in [5.74, 6) is -3.10. The van der Waals surface area contributed by atoms with E-state index in [0.717, 1.165) is 17.4 Å². The van der Waals surface area contributed by atoms with Gasteiger partial charge in [-0.3, -0.25) is 9.59 Å². The van der Waals surface area contributed by atoms with Crippen molar-refractivity contribution in [1.82, 2.24) is 20.9 Å². The summed E-state index contributed by atoms with van der Waals surface area (Å²) in [4.78, 5) is 39.0. The predicted molar refractivity (Wildman–Crippen MR) is 128 cm³/mol. The number of amides is 2. The first-order valence-corrected chi connectivity index (χ1v) is 12.2. The van der Waals surface area contributed by atoms with Crippen LogP contribution in [0, 0.1) is 0 Å². The van der Waals surface area contributed by atoms with Gasteiger partial charge in [0, 0.05) is 37.6 Å². The normalized spacial score (nSPS) is 14.7. The minimum Gasteiger partial charge on any atom is -0.475 e. The molecule has 38 heavy (non-hydrogen) atoms. The Morgan fingerprint density at radius 1 is 1.16 bits per heavy atom. The van der Waals surface area contributed by atoms with Crippen LogP contribution in [0.15, 0.2) is 11.4 Å². The van der Waals surface area contributed by atoms with Crippen LogP contribution in [-0.4, -0.2) is 72.8 Å². The number of carbonyl (C=O) groups excluding carboxylic acids is 2. The van der Waals surface area contributed by atoms with Gasteiger partial charge < -0.3 is 26.0 Å². The smallest absolute Gasteiger partial charge is 0.475 e. The summed E-state index contributed by atoms with van der Waals surface area (Å²) < 4.78 is 72.8. The van der Waals surface area contributed by atoms with Crippen LogP contribution in [0.5, 0.6) is 0 Å². The first kappa shape index (κ1) is 31.1. The van der Waals surface area contributed by atoms with Crippen molar-refractivity contribution in [3.05, 3.63) is 22.6 Å². The second-order valence-electron chi connectivity index (χ2n) is 8.60. The third-order valence-corrected chi connectivity index (χ3v) is 6.35. The van der Waals surface area contributed by atoms with Gasteiger partial charge in [-0.1, -0.05) is 0 Å². The molecule has 2 amide bonds. The van der Waals surface area contributed by atoms with Crippen LogP contribution in [0.4, 0.5) is 32.2 Å². The second-order valence-corrected chi connectivity index (χ2v) is 9.48. The SMILES string of the molecule is CNC(=O)c1csc2c(C(F)(F)F)cc(N3CCC(NCC(=O)NC(C)C)CC3)nc12.O=C(O)C(F)(F)F. The fraction of sp³-hybridized carbons (Fsp3) is 0.545. The molecule has 2 aromatic heterocycles. The van der Waals surface area contributed by atoms with Crippen LogP contribution in [0.2, 0.25) is 0 Å². The molecule has 16 heteroatoms. The van der Waals surface area contributed by atoms with E-state index in [9.17, 15) is 35.9 Å². The van der Waals surface area contributed by atoms with Crippen molar-refractivity contribution in [3.63, 3.8) is 0 Å². The number of rotatable bonds is 6. The van der Waals surface area contributed by atoms with Crippen LogP contribution in [0.25, 0.3) is 10.2 Å². The fourth-order valence-electron chi connectivity index (χ4n) is 3.59. The Morgan fingerprint density at radius 2 is 1.74 bits per heavy atom. The highest BCUT2D eigenvalue weighted by Gasteiger charge is 2.38. The van der Waals surface area contributed by atoms with Crippen molar-refractivity contribution in [2.24, 2.45) is 0 Å². The van der Waals surface area contributed by atoms with Crippen LogP contribution in [0.3, 0.4) is 0 Å². The molecule has 1 aliphatic rings. The van der Waals surface area contributed by atoms with E-state index >= 15 is 0 Å². The average molecular weight is 572 g/mol. The van der Waals surface area contributed by atoms with E-state index in [2.05, 4.69) is 20.9 Å². The maximum Gasteiger partial charge on any atom is 0.490 e. The molecular formula is C22H27F6N5O4S. The number of alkyl halides is 6. The molecular weight excluding hydrogens is 544 g/mol. The van der Waals surface area contributed by atoms with Crippen molar-refractivity contribution in [1.29, 1.82) is 0 Å². The summed E-state index contributed by atoms with van der Waals surface area (Å²) in [6.45, 7) is 4.98. The molecule has 0 radical (unpaired) electrons. The number of aliphatic carboxylic acids is 1. The number of fused-ring (bicyclic) bond motifs is 1. The average Bonchev–Trinajstić information content (AvgIpc) is 3.24. The minimum absolute atomic E-state index is 0.0393. The van der Waals surface area contributed by atoms with Gasteiger partial charge in [-0.25, -0.2) is 9.78 Å². The van der Waals surface area contributed by atoms with E-state index in [4.69, 9.17) is 9.90 Å². The minimum atomic E-state index is -5.08. The molecule has 1 aliphatic heterocycles. The van der Waals surface area contributed by atoms with Gasteiger partial charge in [0.05, 0.1) is 27.9 Å². The van der Waals surface area contributed by atoms with E-state index in [0.29, 0.717) is 25.9 Å². The number of nitrogens with zero attached hydrogens (tertiary/aromatic N) is 2. The Labute approximate surface area is 217 Å². The number of aromatic nitrogens is 1. The number of carboxylic acids is 1. The Bertz CT molecular complexity index is 1140. The van der Waals surface area contributed by atoms with Gasteiger partial charge >= 0.3 is 18.3 Å². The molecule has 0 spiro atoms. The quantitative estimate of drug-likeness (QED) is 0.392. The second kappa shape index (κ2) is 12.6. The highest BCUT2D eigenvalue weighted by molar-refractivity contribution is 7.17. The number of hydrogen-bond acceptors (Lipinski definition) is 7. The van der Waals surface area contributed by atoms with Crippen LogP contribution in [0.1, 0.15) is 42.6 Å². The van der Waals surface area contributed by atoms with Crippen LogP contribution < -0.4 is 20.9 Å². The number of anilines is 1. The third kappa shape index (κ3) is 8.44. The number of piperidine rings is 1. The lowest BCUT2D eigenvalue weighted by Gasteiger charge is -2.33. The van der Waals surface area contributed by atoms with Gasteiger partial charge in [-0.05, 0) is 32.8 Å². The number of hydrogen-bond donors (Lipinski definition) is 4. The Kier molecular flexibility index (Phi) is 10.3. The molecule has 1 fully saturated rings. The van der Waals surface area contributed by atoms with Gasteiger partial charge in [0.2, 0.25) is 5.91 Å². The van der Waals surface area contributed by atoms with Crippen molar-refractivity contribution in [2.75, 3.05) is 31.6 Å². The molecule has 9 nitrogen and oxygen atoms in total. The van der Waals surface area contributed by atoms with E-state index in [1.165, 1.54) is 12.4 Å². The molecule has 0 unspecified atom stereocenters. The number of nitrogens with one attached hydrogen (secondary N) is 3. The summed E-state index contributed by atoms with van der Waals surface area (Å²) in [6.07, 6.45) is -8.30. The van der Waals surface area contributed by atoms with Crippen molar-refractivity contribution in [2.45, 2.75) is 51.1 Å². The molecule has 0 bridgehead atoms. The summed E-state index contributed by atoms with van der Waals surface area (Å²) in [6, 6.07) is 1.23. The van der Waals surface area contributed by atoms with E-state index in [-0.39, 0.29) is 46.1 Å². The first-order chi connectivity index (χ1) is 17.5. The molecule has 3 heterocycles. The van der Waals surface area contributed by atoms with Crippen LogP contribution in [-0.2, 0) is 15.8 Å². The number of pyridine rings is 1. The third-order valence-electron chi connectivity index (χ3n) is 5.35. The number of carboxylic acid groups (broad SMARTS) is 1. The molecule has 0 atom stereocenters. The number of halogens is 6. The first-order valence-electron chi connectivity index (χ1n) is 11.3. The monoisotopic (exact) mass is 571 g/mol. The zero-order valence-electron chi connectivity index (χ0n) is 20.6. The van der Waals surface area contributed by atoms with Gasteiger partial charge in [0.1, 0.15) is 5.82 Å². The van der Waals surface area contributed by atoms with Gasteiger partial charge in [-0.15, -0.1) is 11.3 Å². The molecule has 0 aromatic carbocycles. The topological polar surface area (TPSA) is 124 Å². The predicted octanol–water partition coefficient (Wildman–Crippen LogP) is 3.39. The lowest BCUT2D eigenvalue weighted by atomic mass is 10.0. The maximum absolute atomic E-state index is 13.7. The summed E-state index contributed by atoms with van der Waals surface area (Å²) in [5.41, 5.74) is -0.569. The van der Waals surface area contributed by atoms with Crippen molar-refractivity contribution >= 4 is 45.2 Å². The van der Waals surface area contributed by atoms with E-state index in [1.54, 1.807) is 4.90 Å². The van der Waals surface area contributed by atoms with Gasteiger partial charge in [-0.2, -0.15) is 26.3 Å². The molecule has 1 saturated heterocycles. The van der Waals surface area contributed by atoms with E-state index in [1.807, 2.05) is 13.8 Å². The Morgan fingerprint density at radius 3 is 2.21 bits per heavy atom. The molecule has 4 N–H and O–H groups in total. The molecule has 212 valence electrons. The van der Waals surface area contributed by atoms with Crippen molar-refractivity contribution < 1.29 is 45.8 Å². The Hall–Kier alpha value is -3.14. The molecule has 2 aromatic rings. The van der Waals surface area contributed by atoms with Crippen LogP contribution >= 0.6 is 11.3 Å². The Balaban J connectivity index is 0.000000638. The highest BCUT2D eigenvalue weighted by atomic mass is 32.1. The summed E-state index contributed by atoms with van der Waals surface area (Å²) in [5, 5.41) is 17.0. The number of carbonyl (C=O) groups is 3. The molecule has 3 rings (SSSR count). The zero-order chi connectivity index (χ0) is 28.8. The zero-order valence-corrected chi connectivity index (χ0v) is 21.4. The van der Waals surface area contributed by atoms with E-state index < -0.39 is 29.8 Å². The van der Waals surface area contributed by atoms with Gasteiger partial charge in [0.25, 0.3) is 5.91 Å². The summed E-state index contributed by atoms with van der Waals surface area (Å²) in [7, 11) is 1.43. The highest BCUT2D eigenvalue weighted by Crippen LogP contribution is 2.40. The molecule has 0 saturated carbocycles. The lowest BCUT2D eigenvalue weighted by molar-refractivity contribution is -0.192. The van der Waals surface area contributed by atoms with Gasteiger partial charge in [0.15, 0.2) is 0 Å². The maximum atomic E-state index is 13.7. The number of thiophene rings is 1. The largest absolute Gasteiger partial charge is 0.490 e. The summed E-state index contributed by atoms with van der Waals surface area (Å²) >= 11 is 0.870.